The first-order chi connectivity index (χ1) is 12.5. The number of hydrogen-bond donors (Lipinski definition) is 1. The number of rotatable bonds is 4. The van der Waals surface area contributed by atoms with Crippen molar-refractivity contribution in [3.8, 4) is 0 Å². The van der Waals surface area contributed by atoms with Gasteiger partial charge in [0.1, 0.15) is 11.4 Å². The lowest BCUT2D eigenvalue weighted by Crippen LogP contribution is -2.33. The van der Waals surface area contributed by atoms with Crippen LogP contribution in [-0.4, -0.2) is 15.5 Å². The van der Waals surface area contributed by atoms with E-state index >= 15 is 0 Å². The van der Waals surface area contributed by atoms with E-state index in [0.717, 1.165) is 39.9 Å². The van der Waals surface area contributed by atoms with E-state index in [2.05, 4.69) is 17.2 Å². The highest BCUT2D eigenvalue weighted by Crippen LogP contribution is 2.35. The number of carbonyl (C=O) groups is 1. The van der Waals surface area contributed by atoms with E-state index in [4.69, 9.17) is 0 Å². The van der Waals surface area contributed by atoms with Crippen LogP contribution in [0.4, 0.5) is 0 Å². The van der Waals surface area contributed by atoms with E-state index in [1.807, 2.05) is 24.4 Å². The van der Waals surface area contributed by atoms with Crippen LogP contribution in [0, 0.1) is 5.92 Å². The molecule has 5 nitrogen and oxygen atoms in total. The molecule has 3 heterocycles. The molecule has 1 N–H and O–H groups in total. The van der Waals surface area contributed by atoms with Gasteiger partial charge in [0, 0.05) is 9.75 Å². The van der Waals surface area contributed by atoms with Crippen LogP contribution in [0.25, 0.3) is 10.2 Å². The minimum atomic E-state index is -0.174. The topological polar surface area (TPSA) is 64.0 Å². The van der Waals surface area contributed by atoms with Crippen LogP contribution < -0.4 is 10.9 Å². The van der Waals surface area contributed by atoms with Gasteiger partial charge >= 0.3 is 0 Å². The summed E-state index contributed by atoms with van der Waals surface area (Å²) in [5.74, 6) is 0.481. The average molecular weight is 388 g/mol. The summed E-state index contributed by atoms with van der Waals surface area (Å²) in [6.45, 7) is 4.20. The summed E-state index contributed by atoms with van der Waals surface area (Å²) in [6, 6.07) is 3.89. The molecule has 0 saturated carbocycles. The number of thiophene rings is 2. The molecule has 0 aromatic carbocycles. The summed E-state index contributed by atoms with van der Waals surface area (Å²) in [5.41, 5.74) is 1.06. The van der Waals surface area contributed by atoms with Crippen molar-refractivity contribution in [2.24, 2.45) is 5.92 Å². The number of nitrogens with zero attached hydrogens (tertiary/aromatic N) is 2. The highest BCUT2D eigenvalue weighted by atomic mass is 32.1. The first-order valence-corrected chi connectivity index (χ1v) is 10.5. The van der Waals surface area contributed by atoms with Gasteiger partial charge in [-0.2, -0.15) is 0 Å². The lowest BCUT2D eigenvalue weighted by atomic mass is 9.89. The Bertz CT molecular complexity index is 1000. The van der Waals surface area contributed by atoms with Crippen LogP contribution in [0.5, 0.6) is 0 Å². The maximum absolute atomic E-state index is 12.9. The number of hydrogen-bond acceptors (Lipinski definition) is 5. The molecule has 0 unspecified atom stereocenters. The van der Waals surface area contributed by atoms with Gasteiger partial charge in [0.05, 0.1) is 17.8 Å². The van der Waals surface area contributed by atoms with Gasteiger partial charge in [0.25, 0.3) is 5.56 Å². The van der Waals surface area contributed by atoms with E-state index < -0.39 is 0 Å². The van der Waals surface area contributed by atoms with Crippen LogP contribution in [0.15, 0.2) is 28.6 Å². The second kappa shape index (κ2) is 6.96. The Morgan fingerprint density at radius 2 is 2.35 bits per heavy atom. The highest BCUT2D eigenvalue weighted by Gasteiger charge is 2.23. The van der Waals surface area contributed by atoms with Crippen molar-refractivity contribution in [2.45, 2.75) is 45.7 Å². The van der Waals surface area contributed by atoms with E-state index in [9.17, 15) is 9.59 Å². The molecule has 0 aliphatic heterocycles. The largest absolute Gasteiger partial charge is 0.347 e. The van der Waals surface area contributed by atoms with Crippen molar-refractivity contribution >= 4 is 38.8 Å². The molecular weight excluding hydrogens is 366 g/mol. The quantitative estimate of drug-likeness (QED) is 0.745. The normalized spacial score (nSPS) is 17.8. The molecule has 1 aliphatic carbocycles. The van der Waals surface area contributed by atoms with Gasteiger partial charge in [-0.05, 0) is 49.1 Å². The fourth-order valence-corrected chi connectivity index (χ4v) is 5.60. The maximum atomic E-state index is 12.9. The number of amides is 1. The number of carbonyl (C=O) groups excluding carboxylic acids is 1. The fourth-order valence-electron chi connectivity index (χ4n) is 3.53. The summed E-state index contributed by atoms with van der Waals surface area (Å²) >= 11 is 3.24. The molecule has 1 amide bonds. The Morgan fingerprint density at radius 3 is 3.12 bits per heavy atom. The first kappa shape index (κ1) is 17.4. The van der Waals surface area contributed by atoms with Crippen molar-refractivity contribution in [1.29, 1.82) is 0 Å². The van der Waals surface area contributed by atoms with E-state index in [-0.39, 0.29) is 24.1 Å². The van der Waals surface area contributed by atoms with E-state index in [1.165, 1.54) is 15.8 Å². The van der Waals surface area contributed by atoms with Crippen LogP contribution in [0.1, 0.15) is 41.6 Å². The Hall–Kier alpha value is -1.99. The predicted molar refractivity (Wildman–Crippen MR) is 106 cm³/mol. The van der Waals surface area contributed by atoms with Crippen LogP contribution in [0.3, 0.4) is 0 Å². The third kappa shape index (κ3) is 3.21. The van der Waals surface area contributed by atoms with Gasteiger partial charge in [0.15, 0.2) is 0 Å². The van der Waals surface area contributed by atoms with Gasteiger partial charge < -0.3 is 5.32 Å². The maximum Gasteiger partial charge on any atom is 0.262 e. The highest BCUT2D eigenvalue weighted by molar-refractivity contribution is 7.18. The molecule has 7 heteroatoms. The molecule has 136 valence electrons. The molecule has 0 fully saturated rings. The number of aromatic nitrogens is 2. The fraction of sp³-hybridized carbons (Fsp3) is 0.421. The number of nitrogens with one attached hydrogen (secondary N) is 1. The molecule has 0 radical (unpaired) electrons. The molecule has 26 heavy (non-hydrogen) atoms. The van der Waals surface area contributed by atoms with Gasteiger partial charge in [-0.15, -0.1) is 22.7 Å². The van der Waals surface area contributed by atoms with Crippen LogP contribution in [0.2, 0.25) is 0 Å². The Labute approximate surface area is 159 Å². The van der Waals surface area contributed by atoms with Crippen LogP contribution >= 0.6 is 22.7 Å². The SMILES string of the molecule is C[C@H]1CCc2c(sc3ncn(CC(=O)N[C@H](C)c4cccs4)c(=O)c23)C1. The summed E-state index contributed by atoms with van der Waals surface area (Å²) < 4.78 is 1.43. The molecule has 4 rings (SSSR count). The minimum absolute atomic E-state index is 0.00148. The minimum Gasteiger partial charge on any atom is -0.347 e. The third-order valence-corrected chi connectivity index (χ3v) is 7.16. The zero-order chi connectivity index (χ0) is 18.3. The average Bonchev–Trinajstić information content (AvgIpc) is 3.24. The second-order valence-corrected chi connectivity index (χ2v) is 9.08. The van der Waals surface area contributed by atoms with Gasteiger partial charge in [0.2, 0.25) is 5.91 Å². The molecule has 0 saturated heterocycles. The number of fused-ring (bicyclic) bond motifs is 3. The Morgan fingerprint density at radius 1 is 1.50 bits per heavy atom. The zero-order valence-corrected chi connectivity index (χ0v) is 16.5. The van der Waals surface area contributed by atoms with Crippen molar-refractivity contribution in [2.75, 3.05) is 0 Å². The van der Waals surface area contributed by atoms with Gasteiger partial charge in [-0.1, -0.05) is 13.0 Å². The number of aryl methyl sites for hydroxylation is 1. The lowest BCUT2D eigenvalue weighted by molar-refractivity contribution is -0.122. The monoisotopic (exact) mass is 387 g/mol. The zero-order valence-electron chi connectivity index (χ0n) is 14.8. The third-order valence-electron chi connectivity index (χ3n) is 4.94. The molecule has 2 atom stereocenters. The van der Waals surface area contributed by atoms with Gasteiger partial charge in [-0.25, -0.2) is 4.98 Å². The van der Waals surface area contributed by atoms with E-state index in [1.54, 1.807) is 22.7 Å². The summed E-state index contributed by atoms with van der Waals surface area (Å²) in [4.78, 5) is 33.0. The van der Waals surface area contributed by atoms with Crippen molar-refractivity contribution in [1.82, 2.24) is 14.9 Å². The summed E-state index contributed by atoms with van der Waals surface area (Å²) in [6.07, 6.45) is 4.56. The van der Waals surface area contributed by atoms with Gasteiger partial charge in [-0.3, -0.25) is 14.2 Å². The van der Waals surface area contributed by atoms with Crippen molar-refractivity contribution in [3.05, 3.63) is 49.5 Å². The molecule has 0 spiro atoms. The standard InChI is InChI=1S/C19H21N3O2S2/c1-11-5-6-13-15(8-11)26-18-17(13)19(24)22(10-20-18)9-16(23)21-12(2)14-4-3-7-25-14/h3-4,7,10-12H,5-6,8-9H2,1-2H3,(H,21,23)/t11-,12+/m0/s1. The molecule has 3 aromatic rings. The molecule has 3 aromatic heterocycles. The van der Waals surface area contributed by atoms with Crippen molar-refractivity contribution < 1.29 is 4.79 Å². The summed E-state index contributed by atoms with van der Waals surface area (Å²) in [5, 5.41) is 5.66. The van der Waals surface area contributed by atoms with Crippen molar-refractivity contribution in [3.63, 3.8) is 0 Å². The molecule has 1 aliphatic rings. The molecular formula is C19H21N3O2S2. The predicted octanol–water partition coefficient (Wildman–Crippen LogP) is 3.52. The summed E-state index contributed by atoms with van der Waals surface area (Å²) in [7, 11) is 0. The Kier molecular flexibility index (Phi) is 4.67. The first-order valence-electron chi connectivity index (χ1n) is 8.85. The Balaban J connectivity index is 1.58. The second-order valence-electron chi connectivity index (χ2n) is 7.01. The van der Waals surface area contributed by atoms with E-state index in [0.29, 0.717) is 5.92 Å². The molecule has 0 bridgehead atoms. The smallest absolute Gasteiger partial charge is 0.262 e. The van der Waals surface area contributed by atoms with Crippen LogP contribution in [-0.2, 0) is 24.2 Å². The lowest BCUT2D eigenvalue weighted by Gasteiger charge is -2.17.